The van der Waals surface area contributed by atoms with E-state index in [0.717, 1.165) is 0 Å². The molecular formula is C18H22O10. The fourth-order valence-corrected chi connectivity index (χ4v) is 2.87. The van der Waals surface area contributed by atoms with Crippen molar-refractivity contribution >= 4 is 11.0 Å². The molecule has 10 nitrogen and oxygen atoms in total. The van der Waals surface area contributed by atoms with Crippen molar-refractivity contribution in [2.45, 2.75) is 50.7 Å². The first kappa shape index (κ1) is 20.4. The first-order chi connectivity index (χ1) is 13.2. The third kappa shape index (κ3) is 3.77. The van der Waals surface area contributed by atoms with Gasteiger partial charge in [0.25, 0.3) is 0 Å². The maximum absolute atomic E-state index is 11.9. The number of aromatic hydroxyl groups is 1. The Bertz CT molecular complexity index is 890. The van der Waals surface area contributed by atoms with E-state index in [1.807, 2.05) is 0 Å². The van der Waals surface area contributed by atoms with Crippen LogP contribution in [0.3, 0.4) is 0 Å². The molecule has 28 heavy (non-hydrogen) atoms. The molecule has 5 N–H and O–H groups in total. The molecule has 1 aliphatic heterocycles. The fraction of sp³-hybridized carbons (Fsp3) is 0.500. The van der Waals surface area contributed by atoms with Gasteiger partial charge < -0.3 is 44.2 Å². The van der Waals surface area contributed by atoms with E-state index >= 15 is 0 Å². The lowest BCUT2D eigenvalue weighted by Gasteiger charge is -2.39. The molecule has 0 unspecified atom stereocenters. The molecule has 0 amide bonds. The van der Waals surface area contributed by atoms with Crippen LogP contribution in [0.2, 0.25) is 0 Å². The largest absolute Gasteiger partial charge is 0.499 e. The molecule has 0 aliphatic carbocycles. The third-order valence-corrected chi connectivity index (χ3v) is 4.26. The standard InChI is InChI=1S/C18H22O10/c1-7(2)25-16-9-4-3-8(5-10(9)27-17(24)15(16)23)26-18-14(22)13(21)12(20)11(6-19)28-18/h3-5,7,11-14,18-23H,6H2,1-2H3/t11-,12-,13+,14+,18-/m1/s1. The number of fused-ring (bicyclic) bond motifs is 1. The molecule has 2 aromatic rings. The average Bonchev–Trinajstić information content (AvgIpc) is 2.65. The zero-order valence-electron chi connectivity index (χ0n) is 15.2. The van der Waals surface area contributed by atoms with Gasteiger partial charge in [0, 0.05) is 6.07 Å². The maximum Gasteiger partial charge on any atom is 0.382 e. The van der Waals surface area contributed by atoms with Crippen molar-refractivity contribution in [3.8, 4) is 17.2 Å². The highest BCUT2D eigenvalue weighted by Crippen LogP contribution is 2.35. The molecule has 0 saturated carbocycles. The summed E-state index contributed by atoms with van der Waals surface area (Å²) >= 11 is 0. The molecule has 0 bridgehead atoms. The highest BCUT2D eigenvalue weighted by atomic mass is 16.7. The summed E-state index contributed by atoms with van der Waals surface area (Å²) in [7, 11) is 0. The second-order valence-electron chi connectivity index (χ2n) is 6.71. The van der Waals surface area contributed by atoms with Gasteiger partial charge in [0.2, 0.25) is 12.0 Å². The smallest absolute Gasteiger partial charge is 0.382 e. The molecule has 3 rings (SSSR count). The molecule has 1 aromatic heterocycles. The molecule has 10 heteroatoms. The van der Waals surface area contributed by atoms with Crippen LogP contribution in [0, 0.1) is 0 Å². The highest BCUT2D eigenvalue weighted by Gasteiger charge is 2.44. The summed E-state index contributed by atoms with van der Waals surface area (Å²) in [4.78, 5) is 11.9. The van der Waals surface area contributed by atoms with Gasteiger partial charge in [-0.15, -0.1) is 0 Å². The molecule has 1 aromatic carbocycles. The number of ether oxygens (including phenoxy) is 3. The van der Waals surface area contributed by atoms with E-state index in [-0.39, 0.29) is 23.2 Å². The van der Waals surface area contributed by atoms with Crippen LogP contribution < -0.4 is 15.1 Å². The normalized spacial score (nSPS) is 27.9. The van der Waals surface area contributed by atoms with E-state index in [2.05, 4.69) is 0 Å². The molecule has 0 spiro atoms. The van der Waals surface area contributed by atoms with E-state index in [4.69, 9.17) is 18.6 Å². The number of hydrogen-bond acceptors (Lipinski definition) is 10. The van der Waals surface area contributed by atoms with Gasteiger partial charge in [0.1, 0.15) is 35.7 Å². The van der Waals surface area contributed by atoms with Crippen molar-refractivity contribution in [2.75, 3.05) is 6.61 Å². The van der Waals surface area contributed by atoms with Gasteiger partial charge in [-0.2, -0.15) is 0 Å². The Hall–Kier alpha value is -2.37. The Morgan fingerprint density at radius 2 is 1.86 bits per heavy atom. The van der Waals surface area contributed by atoms with Crippen LogP contribution in [0.25, 0.3) is 11.0 Å². The van der Waals surface area contributed by atoms with E-state index in [1.54, 1.807) is 13.8 Å². The van der Waals surface area contributed by atoms with Gasteiger partial charge in [-0.25, -0.2) is 4.79 Å². The SMILES string of the molecule is CC(C)Oc1c(O)c(=O)oc2cc(O[C@@H]3O[C@H](CO)[C@@H](O)[C@H](O)[C@@H]3O)ccc12. The lowest BCUT2D eigenvalue weighted by molar-refractivity contribution is -0.277. The summed E-state index contributed by atoms with van der Waals surface area (Å²) in [5, 5.41) is 49.2. The topological polar surface area (TPSA) is 159 Å². The van der Waals surface area contributed by atoms with Crippen LogP contribution in [-0.2, 0) is 4.74 Å². The predicted molar refractivity (Wildman–Crippen MR) is 94.3 cm³/mol. The second kappa shape index (κ2) is 7.94. The van der Waals surface area contributed by atoms with Gasteiger partial charge in [-0.3, -0.25) is 0 Å². The summed E-state index contributed by atoms with van der Waals surface area (Å²) in [5.41, 5.74) is -0.936. The number of aliphatic hydroxyl groups excluding tert-OH is 4. The average molecular weight is 398 g/mol. The minimum Gasteiger partial charge on any atom is -0.499 e. The Kier molecular flexibility index (Phi) is 5.77. The Morgan fingerprint density at radius 1 is 1.14 bits per heavy atom. The van der Waals surface area contributed by atoms with Crippen LogP contribution in [0.1, 0.15) is 13.8 Å². The summed E-state index contributed by atoms with van der Waals surface area (Å²) in [5.74, 6) is -0.564. The molecule has 1 aliphatic rings. The minimum absolute atomic E-state index is 0.0272. The minimum atomic E-state index is -1.59. The van der Waals surface area contributed by atoms with E-state index < -0.39 is 48.7 Å². The van der Waals surface area contributed by atoms with Crippen LogP contribution in [0.5, 0.6) is 17.2 Å². The zero-order chi connectivity index (χ0) is 20.6. The lowest BCUT2D eigenvalue weighted by Crippen LogP contribution is -2.60. The first-order valence-corrected chi connectivity index (χ1v) is 8.66. The van der Waals surface area contributed by atoms with Crippen LogP contribution in [0.15, 0.2) is 27.4 Å². The number of benzene rings is 1. The molecule has 154 valence electrons. The molecule has 0 radical (unpaired) electrons. The monoisotopic (exact) mass is 398 g/mol. The van der Waals surface area contributed by atoms with Gasteiger partial charge in [0.15, 0.2) is 5.75 Å². The summed E-state index contributed by atoms with van der Waals surface area (Å²) in [6.45, 7) is 2.87. The molecule has 1 saturated heterocycles. The van der Waals surface area contributed by atoms with Crippen LogP contribution >= 0.6 is 0 Å². The van der Waals surface area contributed by atoms with Crippen molar-refractivity contribution in [1.82, 2.24) is 0 Å². The van der Waals surface area contributed by atoms with Crippen molar-refractivity contribution in [3.05, 3.63) is 28.6 Å². The van der Waals surface area contributed by atoms with Crippen molar-refractivity contribution in [1.29, 1.82) is 0 Å². The van der Waals surface area contributed by atoms with Crippen molar-refractivity contribution in [3.63, 3.8) is 0 Å². The fourth-order valence-electron chi connectivity index (χ4n) is 2.87. The third-order valence-electron chi connectivity index (χ3n) is 4.26. The molecule has 2 heterocycles. The number of rotatable bonds is 5. The zero-order valence-corrected chi connectivity index (χ0v) is 15.2. The van der Waals surface area contributed by atoms with Crippen LogP contribution in [-0.4, -0.2) is 68.9 Å². The highest BCUT2D eigenvalue weighted by molar-refractivity contribution is 5.86. The maximum atomic E-state index is 11.9. The van der Waals surface area contributed by atoms with Crippen molar-refractivity contribution in [2.24, 2.45) is 0 Å². The van der Waals surface area contributed by atoms with E-state index in [9.17, 15) is 30.3 Å². The molecular weight excluding hydrogens is 376 g/mol. The second-order valence-corrected chi connectivity index (χ2v) is 6.71. The quantitative estimate of drug-likeness (QED) is 0.414. The summed E-state index contributed by atoms with van der Waals surface area (Å²) in [6, 6.07) is 4.26. The lowest BCUT2D eigenvalue weighted by atomic mass is 9.99. The van der Waals surface area contributed by atoms with E-state index in [1.165, 1.54) is 18.2 Å². The summed E-state index contributed by atoms with van der Waals surface area (Å²) < 4.78 is 21.3. The van der Waals surface area contributed by atoms with Crippen LogP contribution in [0.4, 0.5) is 0 Å². The van der Waals surface area contributed by atoms with Gasteiger partial charge in [-0.1, -0.05) is 0 Å². The molecule has 5 atom stereocenters. The van der Waals surface area contributed by atoms with Gasteiger partial charge >= 0.3 is 5.63 Å². The summed E-state index contributed by atoms with van der Waals surface area (Å²) in [6.07, 6.45) is -7.49. The predicted octanol–water partition coefficient (Wildman–Crippen LogP) is -0.536. The number of hydrogen-bond donors (Lipinski definition) is 5. The van der Waals surface area contributed by atoms with Crippen molar-refractivity contribution < 1.29 is 44.2 Å². The van der Waals surface area contributed by atoms with Gasteiger partial charge in [0.05, 0.1) is 18.1 Å². The van der Waals surface area contributed by atoms with Gasteiger partial charge in [-0.05, 0) is 26.0 Å². The molecule has 1 fully saturated rings. The number of aliphatic hydroxyl groups is 4. The Morgan fingerprint density at radius 3 is 2.50 bits per heavy atom. The first-order valence-electron chi connectivity index (χ1n) is 8.66. The van der Waals surface area contributed by atoms with E-state index in [0.29, 0.717) is 5.39 Å². The Balaban J connectivity index is 1.92. The Labute approximate surface area is 159 Å².